The molecule has 0 radical (unpaired) electrons. The summed E-state index contributed by atoms with van der Waals surface area (Å²) in [6.07, 6.45) is 9.21. The van der Waals surface area contributed by atoms with Gasteiger partial charge in [-0.2, -0.15) is 0 Å². The summed E-state index contributed by atoms with van der Waals surface area (Å²) in [5.74, 6) is 1.90. The van der Waals surface area contributed by atoms with Gasteiger partial charge in [-0.15, -0.1) is 0 Å². The van der Waals surface area contributed by atoms with Gasteiger partial charge in [0.15, 0.2) is 0 Å². The maximum atomic E-state index is 12.7. The summed E-state index contributed by atoms with van der Waals surface area (Å²) in [7, 11) is 0. The van der Waals surface area contributed by atoms with Crippen molar-refractivity contribution in [2.24, 2.45) is 0 Å². The van der Waals surface area contributed by atoms with E-state index >= 15 is 0 Å². The number of carbonyl (C=O) groups is 1. The Kier molecular flexibility index (Phi) is 4.77. The van der Waals surface area contributed by atoms with Gasteiger partial charge in [-0.1, -0.05) is 18.2 Å². The number of carbonyl (C=O) groups excluding carboxylic acids is 1. The molecule has 3 fully saturated rings. The van der Waals surface area contributed by atoms with E-state index in [1.54, 1.807) is 31.1 Å². The van der Waals surface area contributed by atoms with Gasteiger partial charge in [-0.3, -0.25) is 4.79 Å². The van der Waals surface area contributed by atoms with Crippen molar-refractivity contribution >= 4 is 11.9 Å². The van der Waals surface area contributed by atoms with Crippen LogP contribution in [0.25, 0.3) is 0 Å². The van der Waals surface area contributed by atoms with E-state index in [9.17, 15) is 9.90 Å². The summed E-state index contributed by atoms with van der Waals surface area (Å²) in [6.45, 7) is 4.83. The van der Waals surface area contributed by atoms with Gasteiger partial charge in [0.05, 0.1) is 17.2 Å². The number of hydrogen-bond acceptors (Lipinski definition) is 5. The van der Waals surface area contributed by atoms with E-state index in [1.165, 1.54) is 42.4 Å². The highest BCUT2D eigenvalue weighted by Crippen LogP contribution is 2.45. The van der Waals surface area contributed by atoms with Gasteiger partial charge in [-0.25, -0.2) is 9.97 Å². The summed E-state index contributed by atoms with van der Waals surface area (Å²) in [5.41, 5.74) is 3.80. The van der Waals surface area contributed by atoms with Crippen molar-refractivity contribution in [2.75, 3.05) is 11.9 Å². The van der Waals surface area contributed by atoms with Gasteiger partial charge in [0.1, 0.15) is 0 Å². The second-order valence-corrected chi connectivity index (χ2v) is 9.66. The van der Waals surface area contributed by atoms with Crippen LogP contribution in [-0.4, -0.2) is 44.1 Å². The maximum Gasteiger partial charge on any atom is 0.257 e. The Morgan fingerprint density at radius 3 is 2.13 bits per heavy atom. The number of aromatic nitrogens is 2. The van der Waals surface area contributed by atoms with E-state index in [2.05, 4.69) is 33.5 Å². The molecule has 30 heavy (non-hydrogen) atoms. The minimum Gasteiger partial charge on any atom is -0.388 e. The number of nitrogens with zero attached hydrogens (tertiary/aromatic N) is 3. The summed E-state index contributed by atoms with van der Waals surface area (Å²) < 4.78 is 0. The molecule has 5 rings (SSSR count). The zero-order valence-corrected chi connectivity index (χ0v) is 17.8. The van der Waals surface area contributed by atoms with Crippen LogP contribution in [0.4, 0.5) is 5.95 Å². The Morgan fingerprint density at radius 1 is 1.07 bits per heavy atom. The summed E-state index contributed by atoms with van der Waals surface area (Å²) in [6, 6.07) is 6.89. The zero-order valence-electron chi connectivity index (χ0n) is 17.8. The molecule has 158 valence electrons. The number of likely N-dealkylation sites (tertiary alicyclic amines) is 1. The lowest BCUT2D eigenvalue weighted by atomic mass is 9.87. The number of hydrogen-bond donors (Lipinski definition) is 2. The Labute approximate surface area is 177 Å². The van der Waals surface area contributed by atoms with Gasteiger partial charge in [0, 0.05) is 25.5 Å². The summed E-state index contributed by atoms with van der Waals surface area (Å²) in [5, 5.41) is 13.5. The van der Waals surface area contributed by atoms with Crippen molar-refractivity contribution < 1.29 is 9.90 Å². The number of rotatable bonds is 7. The van der Waals surface area contributed by atoms with Crippen LogP contribution in [0.1, 0.15) is 84.8 Å². The highest BCUT2D eigenvalue weighted by Gasteiger charge is 2.42. The van der Waals surface area contributed by atoms with Crippen molar-refractivity contribution in [1.29, 1.82) is 0 Å². The molecule has 1 aromatic heterocycles. The molecule has 1 amide bonds. The van der Waals surface area contributed by atoms with Crippen molar-refractivity contribution in [3.8, 4) is 0 Å². The molecule has 6 heteroatoms. The third-order valence-electron chi connectivity index (χ3n) is 6.58. The highest BCUT2D eigenvalue weighted by molar-refractivity contribution is 5.94. The fraction of sp³-hybridized carbons (Fsp3) is 0.542. The lowest BCUT2D eigenvalue weighted by Crippen LogP contribution is -2.60. The first-order valence-corrected chi connectivity index (χ1v) is 11.1. The predicted molar refractivity (Wildman–Crippen MR) is 115 cm³/mol. The SMILES string of the molecule is CC(C)(O)C1CCN1C(=O)c1cnc(NCc2cc(C3CC3)cc(C3CC3)c2)nc1. The van der Waals surface area contributed by atoms with Crippen molar-refractivity contribution in [3.05, 3.63) is 52.8 Å². The van der Waals surface area contributed by atoms with E-state index < -0.39 is 5.60 Å². The second-order valence-electron chi connectivity index (χ2n) is 9.66. The Morgan fingerprint density at radius 2 is 1.67 bits per heavy atom. The molecule has 2 saturated carbocycles. The third kappa shape index (κ3) is 4.06. The first kappa shape index (κ1) is 19.5. The van der Waals surface area contributed by atoms with Crippen molar-refractivity contribution in [3.63, 3.8) is 0 Å². The van der Waals surface area contributed by atoms with Crippen LogP contribution in [0, 0.1) is 0 Å². The Hall–Kier alpha value is -2.47. The van der Waals surface area contributed by atoms with E-state index in [0.717, 1.165) is 18.3 Å². The average molecular weight is 407 g/mol. The molecule has 2 heterocycles. The summed E-state index contributed by atoms with van der Waals surface area (Å²) in [4.78, 5) is 23.1. The van der Waals surface area contributed by atoms with Crippen LogP contribution < -0.4 is 5.32 Å². The van der Waals surface area contributed by atoms with Crippen LogP contribution >= 0.6 is 0 Å². The standard InChI is InChI=1S/C24H30N4O2/c1-24(2,30)21-7-8-28(21)22(29)20-13-26-23(27-14-20)25-12-15-9-18(16-3-4-16)11-19(10-15)17-5-6-17/h9-11,13-14,16-17,21,30H,3-8,12H2,1-2H3,(H,25,26,27). The fourth-order valence-electron chi connectivity index (χ4n) is 4.39. The molecular weight excluding hydrogens is 376 g/mol. The monoisotopic (exact) mass is 406 g/mol. The molecule has 1 atom stereocenters. The van der Waals surface area contributed by atoms with Gasteiger partial charge in [0.25, 0.3) is 5.91 Å². The molecule has 2 aromatic rings. The number of anilines is 1. The molecule has 6 nitrogen and oxygen atoms in total. The van der Waals surface area contributed by atoms with Crippen LogP contribution in [0.15, 0.2) is 30.6 Å². The smallest absolute Gasteiger partial charge is 0.257 e. The molecule has 0 spiro atoms. The lowest BCUT2D eigenvalue weighted by Gasteiger charge is -2.47. The number of nitrogens with one attached hydrogen (secondary N) is 1. The first-order chi connectivity index (χ1) is 14.4. The van der Waals surface area contributed by atoms with Crippen molar-refractivity contribution in [2.45, 2.75) is 76.0 Å². The van der Waals surface area contributed by atoms with Crippen LogP contribution in [0.5, 0.6) is 0 Å². The molecular formula is C24H30N4O2. The van der Waals surface area contributed by atoms with E-state index in [0.29, 0.717) is 24.6 Å². The second kappa shape index (κ2) is 7.34. The molecule has 1 aromatic carbocycles. The largest absolute Gasteiger partial charge is 0.388 e. The number of amides is 1. The molecule has 3 aliphatic rings. The topological polar surface area (TPSA) is 78.3 Å². The first-order valence-electron chi connectivity index (χ1n) is 11.1. The Bertz CT molecular complexity index is 912. The minimum atomic E-state index is -0.898. The van der Waals surface area contributed by atoms with Gasteiger partial charge in [-0.05, 0) is 74.5 Å². The maximum absolute atomic E-state index is 12.7. The molecule has 0 bridgehead atoms. The zero-order chi connectivity index (χ0) is 20.9. The average Bonchev–Trinajstić information content (AvgIpc) is 3.56. The minimum absolute atomic E-state index is 0.119. The van der Waals surface area contributed by atoms with Crippen molar-refractivity contribution in [1.82, 2.24) is 14.9 Å². The van der Waals surface area contributed by atoms with E-state index in [4.69, 9.17) is 0 Å². The van der Waals surface area contributed by atoms with Gasteiger partial charge < -0.3 is 15.3 Å². The number of benzene rings is 1. The summed E-state index contributed by atoms with van der Waals surface area (Å²) >= 11 is 0. The van der Waals surface area contributed by atoms with E-state index in [-0.39, 0.29) is 11.9 Å². The molecule has 1 unspecified atom stereocenters. The third-order valence-corrected chi connectivity index (χ3v) is 6.58. The molecule has 2 N–H and O–H groups in total. The van der Waals surface area contributed by atoms with Crippen LogP contribution in [0.2, 0.25) is 0 Å². The number of aliphatic hydroxyl groups is 1. The van der Waals surface area contributed by atoms with Crippen LogP contribution in [-0.2, 0) is 6.54 Å². The van der Waals surface area contributed by atoms with Gasteiger partial charge >= 0.3 is 0 Å². The normalized spacial score (nSPS) is 21.3. The predicted octanol–water partition coefficient (Wildman–Crippen LogP) is 3.83. The molecule has 1 aliphatic heterocycles. The van der Waals surface area contributed by atoms with E-state index in [1.807, 2.05) is 0 Å². The molecule has 1 saturated heterocycles. The lowest BCUT2D eigenvalue weighted by molar-refractivity contribution is -0.0550. The van der Waals surface area contributed by atoms with Gasteiger partial charge in [0.2, 0.25) is 5.95 Å². The molecule has 2 aliphatic carbocycles. The highest BCUT2D eigenvalue weighted by atomic mass is 16.3. The Balaban J connectivity index is 1.23. The quantitative estimate of drug-likeness (QED) is 0.731. The fourth-order valence-corrected chi connectivity index (χ4v) is 4.39. The van der Waals surface area contributed by atoms with Crippen LogP contribution in [0.3, 0.4) is 0 Å².